The van der Waals surface area contributed by atoms with Crippen LogP contribution in [0.15, 0.2) is 18.2 Å². The molecule has 1 aliphatic rings. The van der Waals surface area contributed by atoms with Gasteiger partial charge in [0.2, 0.25) is 0 Å². The number of nitro groups is 1. The van der Waals surface area contributed by atoms with Crippen molar-refractivity contribution < 1.29 is 14.4 Å². The van der Waals surface area contributed by atoms with Gasteiger partial charge in [-0.2, -0.15) is 0 Å². The van der Waals surface area contributed by atoms with Crippen LogP contribution in [0.5, 0.6) is 0 Å². The maximum atomic E-state index is 10.9. The van der Waals surface area contributed by atoms with Crippen LogP contribution >= 0.6 is 0 Å². The molecule has 6 heteroatoms. The molecular weight excluding hydrogens is 212 g/mol. The summed E-state index contributed by atoms with van der Waals surface area (Å²) in [6.07, 6.45) is -0.619. The van der Waals surface area contributed by atoms with E-state index in [0.717, 1.165) is 0 Å². The van der Waals surface area contributed by atoms with Crippen molar-refractivity contribution in [1.29, 1.82) is 0 Å². The number of anilines is 1. The fourth-order valence-electron chi connectivity index (χ4n) is 1.59. The highest BCUT2D eigenvalue weighted by molar-refractivity contribution is 5.55. The molecule has 16 heavy (non-hydrogen) atoms. The fraction of sp³-hybridized carbons (Fsp3) is 0.400. The van der Waals surface area contributed by atoms with Crippen LogP contribution in [0, 0.1) is 10.1 Å². The van der Waals surface area contributed by atoms with E-state index >= 15 is 0 Å². The standard InChI is InChI=1S/C10H12N2O4/c1-11-7-2-3-8(9(6-7)12(13)14)10-15-4-5-16-10/h2-3,6,10-11H,4-5H2,1H3. The van der Waals surface area contributed by atoms with Crippen molar-refractivity contribution in [2.45, 2.75) is 6.29 Å². The molecule has 1 fully saturated rings. The van der Waals surface area contributed by atoms with E-state index in [2.05, 4.69) is 5.32 Å². The lowest BCUT2D eigenvalue weighted by molar-refractivity contribution is -0.386. The number of nitrogens with zero attached hydrogens (tertiary/aromatic N) is 1. The van der Waals surface area contributed by atoms with Gasteiger partial charge < -0.3 is 14.8 Å². The monoisotopic (exact) mass is 224 g/mol. The molecule has 0 unspecified atom stereocenters. The van der Waals surface area contributed by atoms with Gasteiger partial charge in [-0.25, -0.2) is 0 Å². The molecule has 1 aliphatic heterocycles. The summed E-state index contributed by atoms with van der Waals surface area (Å²) in [5, 5.41) is 13.8. The largest absolute Gasteiger partial charge is 0.388 e. The fourth-order valence-corrected chi connectivity index (χ4v) is 1.59. The van der Waals surface area contributed by atoms with Crippen molar-refractivity contribution in [3.05, 3.63) is 33.9 Å². The van der Waals surface area contributed by atoms with Crippen molar-refractivity contribution in [3.8, 4) is 0 Å². The third kappa shape index (κ3) is 1.98. The SMILES string of the molecule is CNc1ccc(C2OCCO2)c([N+](=O)[O-])c1. The highest BCUT2D eigenvalue weighted by atomic mass is 16.7. The Morgan fingerprint density at radius 1 is 1.44 bits per heavy atom. The highest BCUT2D eigenvalue weighted by Gasteiger charge is 2.26. The Morgan fingerprint density at radius 3 is 2.69 bits per heavy atom. The van der Waals surface area contributed by atoms with E-state index in [-0.39, 0.29) is 5.69 Å². The van der Waals surface area contributed by atoms with Crippen LogP contribution in [0.1, 0.15) is 11.9 Å². The Labute approximate surface area is 92.3 Å². The first-order valence-corrected chi connectivity index (χ1v) is 4.91. The summed E-state index contributed by atoms with van der Waals surface area (Å²) in [4.78, 5) is 10.5. The number of hydrogen-bond donors (Lipinski definition) is 1. The van der Waals surface area contributed by atoms with Crippen LogP contribution < -0.4 is 5.32 Å². The van der Waals surface area contributed by atoms with E-state index < -0.39 is 11.2 Å². The Hall–Kier alpha value is -1.66. The lowest BCUT2D eigenvalue weighted by Gasteiger charge is -2.10. The molecule has 1 heterocycles. The number of nitrogens with one attached hydrogen (secondary N) is 1. The van der Waals surface area contributed by atoms with Crippen molar-refractivity contribution in [2.75, 3.05) is 25.6 Å². The van der Waals surface area contributed by atoms with Crippen molar-refractivity contribution in [3.63, 3.8) is 0 Å². The Morgan fingerprint density at radius 2 is 2.12 bits per heavy atom. The van der Waals surface area contributed by atoms with Gasteiger partial charge in [-0.15, -0.1) is 0 Å². The van der Waals surface area contributed by atoms with Gasteiger partial charge in [0.05, 0.1) is 23.7 Å². The number of ether oxygens (including phenoxy) is 2. The molecule has 1 aromatic rings. The second-order valence-electron chi connectivity index (χ2n) is 3.35. The molecule has 1 N–H and O–H groups in total. The van der Waals surface area contributed by atoms with E-state index in [1.807, 2.05) is 0 Å². The van der Waals surface area contributed by atoms with E-state index in [1.165, 1.54) is 6.07 Å². The molecule has 0 atom stereocenters. The normalized spacial score (nSPS) is 16.3. The summed E-state index contributed by atoms with van der Waals surface area (Å²) in [5.41, 5.74) is 1.16. The molecule has 0 amide bonds. The topological polar surface area (TPSA) is 73.6 Å². The Kier molecular flexibility index (Phi) is 3.02. The third-order valence-corrected chi connectivity index (χ3v) is 2.39. The minimum Gasteiger partial charge on any atom is -0.388 e. The summed E-state index contributed by atoms with van der Waals surface area (Å²) in [7, 11) is 1.71. The zero-order chi connectivity index (χ0) is 11.5. The van der Waals surface area contributed by atoms with Gasteiger partial charge in [0.15, 0.2) is 6.29 Å². The summed E-state index contributed by atoms with van der Waals surface area (Å²) in [6, 6.07) is 4.88. The minimum absolute atomic E-state index is 0.0127. The number of nitro benzene ring substituents is 1. The Bertz CT molecular complexity index is 402. The van der Waals surface area contributed by atoms with Crippen LogP contribution in [0.4, 0.5) is 11.4 Å². The second kappa shape index (κ2) is 4.46. The summed E-state index contributed by atoms with van der Waals surface area (Å²) < 4.78 is 10.5. The van der Waals surface area contributed by atoms with Crippen molar-refractivity contribution in [1.82, 2.24) is 0 Å². The number of hydrogen-bond acceptors (Lipinski definition) is 5. The van der Waals surface area contributed by atoms with Gasteiger partial charge in [0, 0.05) is 18.8 Å². The second-order valence-corrected chi connectivity index (χ2v) is 3.35. The first-order chi connectivity index (χ1) is 7.72. The van der Waals surface area contributed by atoms with Gasteiger partial charge in [0.1, 0.15) is 0 Å². The molecule has 0 aromatic heterocycles. The first kappa shape index (κ1) is 10.8. The van der Waals surface area contributed by atoms with E-state index in [9.17, 15) is 10.1 Å². The molecule has 86 valence electrons. The molecule has 0 spiro atoms. The molecule has 6 nitrogen and oxygen atoms in total. The zero-order valence-corrected chi connectivity index (χ0v) is 8.80. The maximum absolute atomic E-state index is 10.9. The van der Waals surface area contributed by atoms with E-state index in [0.29, 0.717) is 24.5 Å². The number of rotatable bonds is 3. The molecule has 1 aromatic carbocycles. The summed E-state index contributed by atoms with van der Waals surface area (Å²) in [5.74, 6) is 0. The van der Waals surface area contributed by atoms with Gasteiger partial charge in [-0.05, 0) is 12.1 Å². The minimum atomic E-state index is -0.619. The maximum Gasteiger partial charge on any atom is 0.279 e. The third-order valence-electron chi connectivity index (χ3n) is 2.39. The van der Waals surface area contributed by atoms with Crippen molar-refractivity contribution in [2.24, 2.45) is 0 Å². The average molecular weight is 224 g/mol. The lowest BCUT2D eigenvalue weighted by Crippen LogP contribution is -2.04. The molecule has 2 rings (SSSR count). The quantitative estimate of drug-likeness (QED) is 0.624. The molecule has 0 aliphatic carbocycles. The van der Waals surface area contributed by atoms with Crippen LogP contribution in [-0.4, -0.2) is 25.2 Å². The predicted molar refractivity (Wildman–Crippen MR) is 57.3 cm³/mol. The van der Waals surface area contributed by atoms with E-state index in [4.69, 9.17) is 9.47 Å². The molecule has 0 bridgehead atoms. The smallest absolute Gasteiger partial charge is 0.279 e. The van der Waals surface area contributed by atoms with Crippen LogP contribution in [0.3, 0.4) is 0 Å². The first-order valence-electron chi connectivity index (χ1n) is 4.91. The summed E-state index contributed by atoms with van der Waals surface area (Å²) >= 11 is 0. The summed E-state index contributed by atoms with van der Waals surface area (Å²) in [6.45, 7) is 0.936. The van der Waals surface area contributed by atoms with Crippen LogP contribution in [0.25, 0.3) is 0 Å². The molecule has 0 radical (unpaired) electrons. The van der Waals surface area contributed by atoms with E-state index in [1.54, 1.807) is 19.2 Å². The average Bonchev–Trinajstić information content (AvgIpc) is 2.81. The Balaban J connectivity index is 2.39. The van der Waals surface area contributed by atoms with Gasteiger partial charge in [-0.1, -0.05) is 0 Å². The molecule has 0 saturated carbocycles. The highest BCUT2D eigenvalue weighted by Crippen LogP contribution is 2.32. The van der Waals surface area contributed by atoms with Gasteiger partial charge in [0.25, 0.3) is 5.69 Å². The van der Waals surface area contributed by atoms with Crippen LogP contribution in [-0.2, 0) is 9.47 Å². The van der Waals surface area contributed by atoms with Gasteiger partial charge in [-0.3, -0.25) is 10.1 Å². The zero-order valence-electron chi connectivity index (χ0n) is 8.80. The predicted octanol–water partition coefficient (Wildman–Crippen LogP) is 1.68. The molecule has 1 saturated heterocycles. The lowest BCUT2D eigenvalue weighted by atomic mass is 10.1. The number of benzene rings is 1. The van der Waals surface area contributed by atoms with Crippen molar-refractivity contribution >= 4 is 11.4 Å². The molecular formula is C10H12N2O4. The van der Waals surface area contributed by atoms with Crippen LogP contribution in [0.2, 0.25) is 0 Å². The van der Waals surface area contributed by atoms with Gasteiger partial charge >= 0.3 is 0 Å².